The number of rotatable bonds is 7. The van der Waals surface area contributed by atoms with Gasteiger partial charge in [-0.3, -0.25) is 0 Å². The number of hydrogen-bond acceptors (Lipinski definition) is 3. The van der Waals surface area contributed by atoms with Crippen molar-refractivity contribution in [2.24, 2.45) is 0 Å². The first-order valence-corrected chi connectivity index (χ1v) is 6.81. The molecule has 1 aromatic heterocycles. The van der Waals surface area contributed by atoms with Crippen LogP contribution in [0.4, 0.5) is 0 Å². The van der Waals surface area contributed by atoms with Gasteiger partial charge in [0.05, 0.1) is 6.10 Å². The summed E-state index contributed by atoms with van der Waals surface area (Å²) in [6.07, 6.45) is 2.51. The zero-order chi connectivity index (χ0) is 12.0. The smallest absolute Gasteiger partial charge is 0.0561 e. The van der Waals surface area contributed by atoms with Gasteiger partial charge in [0.25, 0.3) is 0 Å². The number of thiophene rings is 1. The van der Waals surface area contributed by atoms with Gasteiger partial charge in [0.15, 0.2) is 0 Å². The molecule has 0 aliphatic rings. The number of aryl methyl sites for hydroxylation is 1. The first-order valence-electron chi connectivity index (χ1n) is 5.99. The topological polar surface area (TPSA) is 21.3 Å². The molecule has 0 saturated heterocycles. The van der Waals surface area contributed by atoms with E-state index in [1.807, 2.05) is 11.3 Å². The van der Waals surface area contributed by atoms with E-state index in [0.29, 0.717) is 12.1 Å². The quantitative estimate of drug-likeness (QED) is 0.788. The monoisotopic (exact) mass is 241 g/mol. The molecule has 0 aromatic carbocycles. The largest absolute Gasteiger partial charge is 0.382 e. The van der Waals surface area contributed by atoms with Crippen LogP contribution in [0.3, 0.4) is 0 Å². The molecular weight excluding hydrogens is 218 g/mol. The molecule has 2 nitrogen and oxygen atoms in total. The van der Waals surface area contributed by atoms with Crippen molar-refractivity contribution in [3.63, 3.8) is 0 Å². The van der Waals surface area contributed by atoms with Gasteiger partial charge in [-0.25, -0.2) is 0 Å². The summed E-state index contributed by atoms with van der Waals surface area (Å²) in [6.45, 7) is 7.55. The number of hydrogen-bond donors (Lipinski definition) is 1. The van der Waals surface area contributed by atoms with E-state index >= 15 is 0 Å². The van der Waals surface area contributed by atoms with Gasteiger partial charge in [-0.1, -0.05) is 6.92 Å². The van der Waals surface area contributed by atoms with E-state index in [4.69, 9.17) is 4.74 Å². The van der Waals surface area contributed by atoms with Gasteiger partial charge in [0.2, 0.25) is 0 Å². The van der Waals surface area contributed by atoms with Gasteiger partial charge in [-0.2, -0.15) is 0 Å². The summed E-state index contributed by atoms with van der Waals surface area (Å²) < 4.78 is 5.35. The second-order valence-electron chi connectivity index (χ2n) is 4.24. The molecule has 0 amide bonds. The second kappa shape index (κ2) is 7.05. The van der Waals surface area contributed by atoms with Crippen LogP contribution in [0.25, 0.3) is 0 Å². The van der Waals surface area contributed by atoms with Gasteiger partial charge < -0.3 is 10.1 Å². The Morgan fingerprint density at radius 3 is 2.69 bits per heavy atom. The lowest BCUT2D eigenvalue weighted by Crippen LogP contribution is -2.25. The maximum absolute atomic E-state index is 5.35. The standard InChI is InChI=1S/C13H23NOS/c1-5-8-14-12(9-10(2)15-4)13-7-6-11(3)16-13/h6-7,10,12,14H,5,8-9H2,1-4H3. The van der Waals surface area contributed by atoms with Gasteiger partial charge in [-0.05, 0) is 45.4 Å². The molecule has 0 saturated carbocycles. The van der Waals surface area contributed by atoms with Crippen LogP contribution in [0.5, 0.6) is 0 Å². The Morgan fingerprint density at radius 2 is 2.19 bits per heavy atom. The normalized spacial score (nSPS) is 15.0. The highest BCUT2D eigenvalue weighted by molar-refractivity contribution is 7.12. The van der Waals surface area contributed by atoms with Crippen molar-refractivity contribution in [3.8, 4) is 0 Å². The summed E-state index contributed by atoms with van der Waals surface area (Å²) >= 11 is 1.88. The fourth-order valence-corrected chi connectivity index (χ4v) is 2.65. The summed E-state index contributed by atoms with van der Waals surface area (Å²) in [6, 6.07) is 4.86. The van der Waals surface area contributed by atoms with E-state index in [9.17, 15) is 0 Å². The zero-order valence-corrected chi connectivity index (χ0v) is 11.6. The van der Waals surface area contributed by atoms with Gasteiger partial charge in [0, 0.05) is 22.9 Å². The van der Waals surface area contributed by atoms with Crippen LogP contribution in [0.15, 0.2) is 12.1 Å². The van der Waals surface area contributed by atoms with E-state index in [1.54, 1.807) is 7.11 Å². The van der Waals surface area contributed by atoms with Crippen molar-refractivity contribution >= 4 is 11.3 Å². The second-order valence-corrected chi connectivity index (χ2v) is 5.56. The molecule has 1 heterocycles. The first kappa shape index (κ1) is 13.7. The van der Waals surface area contributed by atoms with Crippen LogP contribution >= 0.6 is 11.3 Å². The van der Waals surface area contributed by atoms with Gasteiger partial charge >= 0.3 is 0 Å². The Hall–Kier alpha value is -0.380. The van der Waals surface area contributed by atoms with Crippen molar-refractivity contribution in [1.82, 2.24) is 5.32 Å². The minimum atomic E-state index is 0.303. The predicted octanol–water partition coefficient (Wildman–Crippen LogP) is 3.52. The summed E-state index contributed by atoms with van der Waals surface area (Å²) in [5.74, 6) is 0. The van der Waals surface area contributed by atoms with E-state index in [1.165, 1.54) is 16.2 Å². The minimum absolute atomic E-state index is 0.303. The van der Waals surface area contributed by atoms with Crippen LogP contribution < -0.4 is 5.32 Å². The summed E-state index contributed by atoms with van der Waals surface area (Å²) in [4.78, 5) is 2.80. The fraction of sp³-hybridized carbons (Fsp3) is 0.692. The maximum atomic E-state index is 5.35. The lowest BCUT2D eigenvalue weighted by molar-refractivity contribution is 0.101. The minimum Gasteiger partial charge on any atom is -0.382 e. The van der Waals surface area contributed by atoms with Crippen LogP contribution in [0.2, 0.25) is 0 Å². The van der Waals surface area contributed by atoms with E-state index < -0.39 is 0 Å². The molecule has 3 heteroatoms. The lowest BCUT2D eigenvalue weighted by Gasteiger charge is -2.20. The fourth-order valence-electron chi connectivity index (χ4n) is 1.69. The van der Waals surface area contributed by atoms with Crippen LogP contribution in [0, 0.1) is 6.92 Å². The average molecular weight is 241 g/mol. The van der Waals surface area contributed by atoms with Crippen molar-refractivity contribution in [1.29, 1.82) is 0 Å². The Labute approximate surface area is 103 Å². The summed E-state index contributed by atoms with van der Waals surface area (Å²) in [7, 11) is 1.78. The molecule has 0 fully saturated rings. The first-order chi connectivity index (χ1) is 7.67. The number of ether oxygens (including phenoxy) is 1. The maximum Gasteiger partial charge on any atom is 0.0561 e. The molecule has 0 spiro atoms. The Bertz CT molecular complexity index is 298. The molecule has 16 heavy (non-hydrogen) atoms. The number of methoxy groups -OCH3 is 1. The van der Waals surface area contributed by atoms with Crippen LogP contribution in [-0.4, -0.2) is 19.8 Å². The molecule has 1 N–H and O–H groups in total. The highest BCUT2D eigenvalue weighted by Gasteiger charge is 2.15. The molecule has 2 unspecified atom stereocenters. The molecule has 2 atom stereocenters. The Balaban J connectivity index is 2.62. The molecule has 92 valence electrons. The average Bonchev–Trinajstić information content (AvgIpc) is 2.70. The van der Waals surface area contributed by atoms with Gasteiger partial charge in [-0.15, -0.1) is 11.3 Å². The third kappa shape index (κ3) is 4.24. The van der Waals surface area contributed by atoms with E-state index in [2.05, 4.69) is 38.2 Å². The Morgan fingerprint density at radius 1 is 1.44 bits per heavy atom. The van der Waals surface area contributed by atoms with Crippen molar-refractivity contribution in [2.45, 2.75) is 45.8 Å². The van der Waals surface area contributed by atoms with E-state index in [0.717, 1.165) is 13.0 Å². The predicted molar refractivity (Wildman–Crippen MR) is 71.2 cm³/mol. The molecule has 0 radical (unpaired) electrons. The molecule has 0 aliphatic heterocycles. The molecular formula is C13H23NOS. The molecule has 0 bridgehead atoms. The number of nitrogens with one attached hydrogen (secondary N) is 1. The zero-order valence-electron chi connectivity index (χ0n) is 10.7. The lowest BCUT2D eigenvalue weighted by atomic mass is 10.1. The third-order valence-corrected chi connectivity index (χ3v) is 3.83. The Kier molecular flexibility index (Phi) is 6.03. The molecule has 1 aromatic rings. The highest BCUT2D eigenvalue weighted by atomic mass is 32.1. The van der Waals surface area contributed by atoms with Crippen molar-refractivity contribution < 1.29 is 4.74 Å². The van der Waals surface area contributed by atoms with Crippen LogP contribution in [0.1, 0.15) is 42.5 Å². The van der Waals surface area contributed by atoms with Crippen molar-refractivity contribution in [3.05, 3.63) is 21.9 Å². The van der Waals surface area contributed by atoms with Crippen LogP contribution in [-0.2, 0) is 4.74 Å². The van der Waals surface area contributed by atoms with Gasteiger partial charge in [0.1, 0.15) is 0 Å². The molecule has 0 aliphatic carbocycles. The highest BCUT2D eigenvalue weighted by Crippen LogP contribution is 2.26. The van der Waals surface area contributed by atoms with E-state index in [-0.39, 0.29) is 0 Å². The third-order valence-electron chi connectivity index (χ3n) is 2.72. The summed E-state index contributed by atoms with van der Waals surface area (Å²) in [5, 5.41) is 3.59. The SMILES string of the molecule is CCCNC(CC(C)OC)c1ccc(C)s1. The molecule has 1 rings (SSSR count). The van der Waals surface area contributed by atoms with Crippen molar-refractivity contribution in [2.75, 3.05) is 13.7 Å². The summed E-state index contributed by atoms with van der Waals surface area (Å²) in [5.41, 5.74) is 0.